The van der Waals surface area contributed by atoms with Crippen LogP contribution in [0, 0.1) is 0 Å². The average Bonchev–Trinajstić information content (AvgIpc) is 2.02. The summed E-state index contributed by atoms with van der Waals surface area (Å²) in [4.78, 5) is 15.2. The first kappa shape index (κ1) is 10.2. The lowest BCUT2D eigenvalue weighted by atomic mass is 10.1. The Kier molecular flexibility index (Phi) is 2.86. The van der Waals surface area contributed by atoms with E-state index in [-0.39, 0.29) is 0 Å². The number of primary amides is 1. The Bertz CT molecular complexity index is 392. The van der Waals surface area contributed by atoms with E-state index in [1.54, 1.807) is 18.2 Å². The number of carbonyl (C=O) groups excluding carboxylic acids is 1. The second-order valence-corrected chi connectivity index (χ2v) is 3.19. The van der Waals surface area contributed by atoms with Crippen molar-refractivity contribution in [2.75, 3.05) is 5.73 Å². The molecule has 1 rings (SSSR count). The van der Waals surface area contributed by atoms with Crippen LogP contribution in [0.15, 0.2) is 23.8 Å². The Labute approximate surface area is 82.6 Å². The first-order valence-corrected chi connectivity index (χ1v) is 4.22. The van der Waals surface area contributed by atoms with Crippen molar-refractivity contribution < 1.29 is 4.79 Å². The molecule has 4 N–H and O–H groups in total. The van der Waals surface area contributed by atoms with E-state index in [9.17, 15) is 4.79 Å². The van der Waals surface area contributed by atoms with Gasteiger partial charge in [-0.1, -0.05) is 11.6 Å². The molecule has 0 spiro atoms. The molecule has 74 valence electrons. The summed E-state index contributed by atoms with van der Waals surface area (Å²) in [5.41, 5.74) is 12.5. The van der Waals surface area contributed by atoms with Gasteiger partial charge in [0.1, 0.15) is 5.82 Å². The van der Waals surface area contributed by atoms with Gasteiger partial charge in [0.25, 0.3) is 5.91 Å². The molecule has 14 heavy (non-hydrogen) atoms. The SMILES string of the molecule is CC(C)=C(C(N)=O)c1cccc(N)n1. The summed E-state index contributed by atoms with van der Waals surface area (Å²) in [6.45, 7) is 3.62. The maximum atomic E-state index is 11.1. The Hall–Kier alpha value is -1.84. The number of nitrogen functional groups attached to an aromatic ring is 1. The second-order valence-electron chi connectivity index (χ2n) is 3.19. The van der Waals surface area contributed by atoms with Crippen LogP contribution < -0.4 is 11.5 Å². The van der Waals surface area contributed by atoms with Gasteiger partial charge in [-0.3, -0.25) is 4.79 Å². The molecule has 1 aromatic rings. The maximum absolute atomic E-state index is 11.1. The molecule has 1 heterocycles. The third-order valence-corrected chi connectivity index (χ3v) is 1.77. The minimum Gasteiger partial charge on any atom is -0.384 e. The highest BCUT2D eigenvalue weighted by molar-refractivity contribution is 6.18. The molecule has 4 nitrogen and oxygen atoms in total. The molecule has 1 amide bonds. The lowest BCUT2D eigenvalue weighted by Crippen LogP contribution is -2.15. The number of rotatable bonds is 2. The van der Waals surface area contributed by atoms with Gasteiger partial charge in [0.05, 0.1) is 11.3 Å². The van der Waals surface area contributed by atoms with E-state index in [4.69, 9.17) is 11.5 Å². The highest BCUT2D eigenvalue weighted by Gasteiger charge is 2.11. The molecule has 0 saturated heterocycles. The molecule has 0 saturated carbocycles. The third-order valence-electron chi connectivity index (χ3n) is 1.77. The van der Waals surface area contributed by atoms with E-state index in [0.29, 0.717) is 17.1 Å². The fourth-order valence-corrected chi connectivity index (χ4v) is 1.22. The van der Waals surface area contributed by atoms with Gasteiger partial charge in [-0.15, -0.1) is 0 Å². The van der Waals surface area contributed by atoms with E-state index in [1.807, 2.05) is 13.8 Å². The van der Waals surface area contributed by atoms with Crippen LogP contribution in [-0.4, -0.2) is 10.9 Å². The van der Waals surface area contributed by atoms with Crippen LogP contribution in [0.2, 0.25) is 0 Å². The normalized spacial score (nSPS) is 9.57. The topological polar surface area (TPSA) is 82.0 Å². The number of hydrogen-bond donors (Lipinski definition) is 2. The van der Waals surface area contributed by atoms with Gasteiger partial charge < -0.3 is 11.5 Å². The molecule has 0 bridgehead atoms. The van der Waals surface area contributed by atoms with Crippen molar-refractivity contribution in [3.8, 4) is 0 Å². The van der Waals surface area contributed by atoms with Crippen molar-refractivity contribution in [2.45, 2.75) is 13.8 Å². The molecule has 0 atom stereocenters. The molecule has 0 aliphatic rings. The Morgan fingerprint density at radius 1 is 1.36 bits per heavy atom. The highest BCUT2D eigenvalue weighted by Crippen LogP contribution is 2.16. The Morgan fingerprint density at radius 3 is 2.43 bits per heavy atom. The lowest BCUT2D eigenvalue weighted by Gasteiger charge is -2.05. The van der Waals surface area contributed by atoms with Gasteiger partial charge in [-0.25, -0.2) is 4.98 Å². The molecule has 0 aromatic carbocycles. The zero-order valence-corrected chi connectivity index (χ0v) is 8.24. The summed E-state index contributed by atoms with van der Waals surface area (Å²) < 4.78 is 0. The van der Waals surface area contributed by atoms with E-state index in [1.165, 1.54) is 0 Å². The number of carbonyl (C=O) groups is 1. The Morgan fingerprint density at radius 2 is 2.00 bits per heavy atom. The standard InChI is InChI=1S/C10H13N3O/c1-6(2)9(10(12)14)7-4-3-5-8(11)13-7/h3-5H,1-2H3,(H2,11,13)(H2,12,14). The van der Waals surface area contributed by atoms with Gasteiger partial charge in [-0.05, 0) is 26.0 Å². The number of anilines is 1. The first-order chi connectivity index (χ1) is 6.52. The highest BCUT2D eigenvalue weighted by atomic mass is 16.1. The van der Waals surface area contributed by atoms with Gasteiger partial charge in [0, 0.05) is 0 Å². The molecular formula is C10H13N3O. The molecule has 1 aromatic heterocycles. The number of amides is 1. The van der Waals surface area contributed by atoms with Gasteiger partial charge in [-0.2, -0.15) is 0 Å². The first-order valence-electron chi connectivity index (χ1n) is 4.22. The maximum Gasteiger partial charge on any atom is 0.250 e. The third kappa shape index (κ3) is 2.10. The lowest BCUT2D eigenvalue weighted by molar-refractivity contribution is -0.112. The molecule has 0 fully saturated rings. The van der Waals surface area contributed by atoms with Crippen molar-refractivity contribution in [2.24, 2.45) is 5.73 Å². The molecule has 0 radical (unpaired) electrons. The average molecular weight is 191 g/mol. The van der Waals surface area contributed by atoms with Crippen molar-refractivity contribution in [3.63, 3.8) is 0 Å². The van der Waals surface area contributed by atoms with Crippen LogP contribution in [0.4, 0.5) is 5.82 Å². The van der Waals surface area contributed by atoms with Gasteiger partial charge in [0.15, 0.2) is 0 Å². The predicted molar refractivity (Wildman–Crippen MR) is 56.1 cm³/mol. The second kappa shape index (κ2) is 3.91. The summed E-state index contributed by atoms with van der Waals surface area (Å²) in [5, 5.41) is 0. The summed E-state index contributed by atoms with van der Waals surface area (Å²) in [5.74, 6) is -0.106. The van der Waals surface area contributed by atoms with Crippen LogP contribution in [0.1, 0.15) is 19.5 Å². The van der Waals surface area contributed by atoms with Crippen LogP contribution in [0.25, 0.3) is 5.57 Å². The number of nitrogens with two attached hydrogens (primary N) is 2. The van der Waals surface area contributed by atoms with Gasteiger partial charge >= 0.3 is 0 Å². The predicted octanol–water partition coefficient (Wildman–Crippen LogP) is 0.943. The molecule has 4 heteroatoms. The minimum atomic E-state index is -0.483. The van der Waals surface area contributed by atoms with Crippen LogP contribution in [-0.2, 0) is 4.79 Å². The van der Waals surface area contributed by atoms with E-state index in [0.717, 1.165) is 5.57 Å². The zero-order valence-electron chi connectivity index (χ0n) is 8.24. The monoisotopic (exact) mass is 191 g/mol. The molecule has 0 aliphatic heterocycles. The molecule has 0 aliphatic carbocycles. The summed E-state index contributed by atoms with van der Waals surface area (Å²) in [6.07, 6.45) is 0. The summed E-state index contributed by atoms with van der Waals surface area (Å²) in [7, 11) is 0. The van der Waals surface area contributed by atoms with Crippen LogP contribution in [0.5, 0.6) is 0 Å². The summed E-state index contributed by atoms with van der Waals surface area (Å²) in [6, 6.07) is 5.11. The number of nitrogens with zero attached hydrogens (tertiary/aromatic N) is 1. The fourth-order valence-electron chi connectivity index (χ4n) is 1.22. The van der Waals surface area contributed by atoms with E-state index < -0.39 is 5.91 Å². The molecule has 0 unspecified atom stereocenters. The quantitative estimate of drug-likeness (QED) is 0.682. The van der Waals surface area contributed by atoms with E-state index in [2.05, 4.69) is 4.98 Å². The summed E-state index contributed by atoms with van der Waals surface area (Å²) >= 11 is 0. The number of hydrogen-bond acceptors (Lipinski definition) is 3. The molecular weight excluding hydrogens is 178 g/mol. The van der Waals surface area contributed by atoms with Crippen molar-refractivity contribution in [1.82, 2.24) is 4.98 Å². The van der Waals surface area contributed by atoms with Crippen molar-refractivity contribution >= 4 is 17.3 Å². The van der Waals surface area contributed by atoms with Crippen LogP contribution >= 0.6 is 0 Å². The minimum absolute atomic E-state index is 0.377. The van der Waals surface area contributed by atoms with Crippen molar-refractivity contribution in [3.05, 3.63) is 29.5 Å². The zero-order chi connectivity index (χ0) is 10.7. The smallest absolute Gasteiger partial charge is 0.250 e. The number of pyridine rings is 1. The fraction of sp³-hybridized carbons (Fsp3) is 0.200. The number of aromatic nitrogens is 1. The largest absolute Gasteiger partial charge is 0.384 e. The van der Waals surface area contributed by atoms with Gasteiger partial charge in [0.2, 0.25) is 0 Å². The number of allylic oxidation sites excluding steroid dienone is 1. The van der Waals surface area contributed by atoms with Crippen LogP contribution in [0.3, 0.4) is 0 Å². The Balaban J connectivity index is 3.27. The van der Waals surface area contributed by atoms with E-state index >= 15 is 0 Å². The van der Waals surface area contributed by atoms with Crippen molar-refractivity contribution in [1.29, 1.82) is 0 Å².